The summed E-state index contributed by atoms with van der Waals surface area (Å²) in [5.74, 6) is 0.701. The Labute approximate surface area is 137 Å². The molecule has 0 aromatic carbocycles. The minimum Gasteiger partial charge on any atom is -0.490 e. The van der Waals surface area contributed by atoms with Gasteiger partial charge in [-0.3, -0.25) is 4.98 Å². The van der Waals surface area contributed by atoms with Crippen LogP contribution in [0.3, 0.4) is 0 Å². The largest absolute Gasteiger partial charge is 0.490 e. The molecule has 1 fully saturated rings. The minimum atomic E-state index is -0.484. The van der Waals surface area contributed by atoms with Crippen molar-refractivity contribution in [1.82, 2.24) is 9.88 Å². The van der Waals surface area contributed by atoms with Gasteiger partial charge < -0.3 is 19.5 Å². The minimum absolute atomic E-state index is 0.0395. The number of pyridine rings is 1. The van der Waals surface area contributed by atoms with Gasteiger partial charge in [-0.15, -0.1) is 0 Å². The van der Waals surface area contributed by atoms with Crippen LogP contribution >= 0.6 is 0 Å². The fourth-order valence-corrected chi connectivity index (χ4v) is 2.64. The van der Waals surface area contributed by atoms with E-state index in [1.165, 1.54) is 0 Å². The van der Waals surface area contributed by atoms with Crippen LogP contribution < -0.4 is 4.74 Å². The van der Waals surface area contributed by atoms with Crippen LogP contribution in [0.1, 0.15) is 46.2 Å². The number of hydrogen-bond acceptors (Lipinski definition) is 5. The number of carbonyl (C=O) groups excluding carboxylic acids is 1. The third-order valence-corrected chi connectivity index (χ3v) is 3.71. The number of likely N-dealkylation sites (tertiary alicyclic amines) is 1. The molecular formula is C17H26N2O4. The van der Waals surface area contributed by atoms with Crippen molar-refractivity contribution in [3.8, 4) is 5.75 Å². The summed E-state index contributed by atoms with van der Waals surface area (Å²) in [7, 11) is 0. The van der Waals surface area contributed by atoms with Crippen molar-refractivity contribution >= 4 is 6.09 Å². The van der Waals surface area contributed by atoms with E-state index in [0.717, 1.165) is 12.8 Å². The maximum atomic E-state index is 12.2. The molecule has 6 heteroatoms. The first kappa shape index (κ1) is 17.5. The number of piperidine rings is 1. The van der Waals surface area contributed by atoms with Crippen LogP contribution in [0.2, 0.25) is 0 Å². The Kier molecular flexibility index (Phi) is 5.46. The maximum absolute atomic E-state index is 12.2. The summed E-state index contributed by atoms with van der Waals surface area (Å²) >= 11 is 0. The number of nitrogens with zero attached hydrogens (tertiary/aromatic N) is 2. The zero-order chi connectivity index (χ0) is 17.0. The van der Waals surface area contributed by atoms with Gasteiger partial charge in [-0.25, -0.2) is 4.79 Å². The van der Waals surface area contributed by atoms with E-state index in [2.05, 4.69) is 4.98 Å². The molecule has 0 saturated carbocycles. The summed E-state index contributed by atoms with van der Waals surface area (Å²) < 4.78 is 11.4. The predicted molar refractivity (Wildman–Crippen MR) is 86.2 cm³/mol. The normalized spacial score (nSPS) is 21.9. The van der Waals surface area contributed by atoms with Gasteiger partial charge in [0, 0.05) is 37.7 Å². The highest BCUT2D eigenvalue weighted by Gasteiger charge is 2.32. The Morgan fingerprint density at radius 2 is 2.22 bits per heavy atom. The fourth-order valence-electron chi connectivity index (χ4n) is 2.64. The smallest absolute Gasteiger partial charge is 0.410 e. The van der Waals surface area contributed by atoms with E-state index in [1.807, 2.05) is 27.7 Å². The quantitative estimate of drug-likeness (QED) is 0.926. The van der Waals surface area contributed by atoms with Gasteiger partial charge in [0.2, 0.25) is 0 Å². The Balaban J connectivity index is 1.91. The third-order valence-electron chi connectivity index (χ3n) is 3.71. The number of carbonyl (C=O) groups is 1. The van der Waals surface area contributed by atoms with Gasteiger partial charge in [0.05, 0.1) is 12.3 Å². The summed E-state index contributed by atoms with van der Waals surface area (Å²) in [6.07, 6.45) is 2.89. The zero-order valence-corrected chi connectivity index (χ0v) is 14.3. The lowest BCUT2D eigenvalue weighted by Crippen LogP contribution is -2.49. The fraction of sp³-hybridized carbons (Fsp3) is 0.647. The van der Waals surface area contributed by atoms with Crippen LogP contribution in [-0.2, 0) is 11.3 Å². The van der Waals surface area contributed by atoms with Gasteiger partial charge in [0.15, 0.2) is 0 Å². The van der Waals surface area contributed by atoms with E-state index in [9.17, 15) is 4.79 Å². The van der Waals surface area contributed by atoms with Crippen LogP contribution in [-0.4, -0.2) is 45.4 Å². The van der Waals surface area contributed by atoms with E-state index in [1.54, 1.807) is 23.2 Å². The van der Waals surface area contributed by atoms with Crippen molar-refractivity contribution in [2.45, 2.75) is 64.9 Å². The van der Waals surface area contributed by atoms with Gasteiger partial charge in [-0.2, -0.15) is 0 Å². The van der Waals surface area contributed by atoms with Crippen LogP contribution in [0.4, 0.5) is 4.79 Å². The van der Waals surface area contributed by atoms with Gasteiger partial charge in [0.25, 0.3) is 0 Å². The molecule has 0 bridgehead atoms. The van der Waals surface area contributed by atoms with Crippen molar-refractivity contribution < 1.29 is 19.4 Å². The Hall–Kier alpha value is -1.82. The monoisotopic (exact) mass is 322 g/mol. The van der Waals surface area contributed by atoms with E-state index in [0.29, 0.717) is 18.0 Å². The summed E-state index contributed by atoms with van der Waals surface area (Å²) in [6, 6.07) is 3.58. The number of aliphatic hydroxyl groups excluding tert-OH is 1. The number of amides is 1. The molecule has 2 heterocycles. The van der Waals surface area contributed by atoms with E-state index < -0.39 is 5.60 Å². The first-order valence-electron chi connectivity index (χ1n) is 8.00. The van der Waals surface area contributed by atoms with Crippen LogP contribution in [0.15, 0.2) is 18.3 Å². The van der Waals surface area contributed by atoms with Crippen molar-refractivity contribution in [3.63, 3.8) is 0 Å². The molecule has 1 saturated heterocycles. The molecule has 1 aromatic heterocycles. The highest BCUT2D eigenvalue weighted by molar-refractivity contribution is 5.68. The summed E-state index contributed by atoms with van der Waals surface area (Å²) in [5, 5.41) is 9.12. The van der Waals surface area contributed by atoms with Crippen LogP contribution in [0, 0.1) is 0 Å². The number of ether oxygens (including phenoxy) is 2. The molecule has 1 aliphatic rings. The van der Waals surface area contributed by atoms with E-state index >= 15 is 0 Å². The molecular weight excluding hydrogens is 296 g/mol. The zero-order valence-electron chi connectivity index (χ0n) is 14.3. The molecule has 1 aliphatic heterocycles. The lowest BCUT2D eigenvalue weighted by molar-refractivity contribution is -0.00105. The Morgan fingerprint density at radius 3 is 2.83 bits per heavy atom. The van der Waals surface area contributed by atoms with Gasteiger partial charge in [-0.1, -0.05) is 0 Å². The Morgan fingerprint density at radius 1 is 1.48 bits per heavy atom. The van der Waals surface area contributed by atoms with E-state index in [-0.39, 0.29) is 24.8 Å². The van der Waals surface area contributed by atoms with Crippen molar-refractivity contribution in [3.05, 3.63) is 24.0 Å². The first-order chi connectivity index (χ1) is 10.8. The highest BCUT2D eigenvalue weighted by atomic mass is 16.6. The summed E-state index contributed by atoms with van der Waals surface area (Å²) in [4.78, 5) is 18.0. The van der Waals surface area contributed by atoms with Crippen molar-refractivity contribution in [2.24, 2.45) is 0 Å². The average molecular weight is 322 g/mol. The molecule has 23 heavy (non-hydrogen) atoms. The molecule has 0 radical (unpaired) electrons. The molecule has 1 aromatic rings. The maximum Gasteiger partial charge on any atom is 0.410 e. The first-order valence-corrected chi connectivity index (χ1v) is 8.00. The molecule has 0 spiro atoms. The molecule has 6 nitrogen and oxygen atoms in total. The average Bonchev–Trinajstić information content (AvgIpc) is 2.45. The number of aliphatic hydroxyl groups is 1. The second-order valence-corrected chi connectivity index (χ2v) is 6.93. The Bertz CT molecular complexity index is 542. The molecule has 0 unspecified atom stereocenters. The standard InChI is InChI=1S/C17H26N2O4/c1-12-9-15(22-14-5-7-18-13(10-14)11-20)6-8-19(12)16(21)23-17(2,3)4/h5,7,10,12,15,20H,6,8-9,11H2,1-4H3/t12-,15-/m0/s1. The number of aromatic nitrogens is 1. The second-order valence-electron chi connectivity index (χ2n) is 6.93. The number of hydrogen-bond donors (Lipinski definition) is 1. The summed E-state index contributed by atoms with van der Waals surface area (Å²) in [6.45, 7) is 8.11. The lowest BCUT2D eigenvalue weighted by Gasteiger charge is -2.38. The second kappa shape index (κ2) is 7.17. The van der Waals surface area contributed by atoms with E-state index in [4.69, 9.17) is 14.6 Å². The summed E-state index contributed by atoms with van der Waals surface area (Å²) in [5.41, 5.74) is 0.101. The van der Waals surface area contributed by atoms with Crippen LogP contribution in [0.25, 0.3) is 0 Å². The molecule has 1 amide bonds. The van der Waals surface area contributed by atoms with Crippen LogP contribution in [0.5, 0.6) is 5.75 Å². The topological polar surface area (TPSA) is 71.9 Å². The highest BCUT2D eigenvalue weighted by Crippen LogP contribution is 2.24. The van der Waals surface area contributed by atoms with Crippen molar-refractivity contribution in [2.75, 3.05) is 6.54 Å². The van der Waals surface area contributed by atoms with Gasteiger partial charge in [-0.05, 0) is 33.8 Å². The SMILES string of the molecule is C[C@H]1C[C@@H](Oc2ccnc(CO)c2)CCN1C(=O)OC(C)(C)C. The van der Waals surface area contributed by atoms with Gasteiger partial charge >= 0.3 is 6.09 Å². The molecule has 128 valence electrons. The molecule has 1 N–H and O–H groups in total. The molecule has 2 atom stereocenters. The molecule has 2 rings (SSSR count). The van der Waals surface area contributed by atoms with Crippen molar-refractivity contribution in [1.29, 1.82) is 0 Å². The van der Waals surface area contributed by atoms with Gasteiger partial charge in [0.1, 0.15) is 17.5 Å². The third kappa shape index (κ3) is 5.10. The number of rotatable bonds is 3. The lowest BCUT2D eigenvalue weighted by atomic mass is 10.0. The predicted octanol–water partition coefficient (Wildman–Crippen LogP) is 2.74. The molecule has 0 aliphatic carbocycles.